The van der Waals surface area contributed by atoms with Gasteiger partial charge in [-0.3, -0.25) is 4.79 Å². The molecule has 1 saturated heterocycles. The number of morpholine rings is 1. The van der Waals surface area contributed by atoms with Crippen molar-refractivity contribution in [3.63, 3.8) is 0 Å². The molecule has 4 nitrogen and oxygen atoms in total. The van der Waals surface area contributed by atoms with Gasteiger partial charge in [0.1, 0.15) is 11.9 Å². The van der Waals surface area contributed by atoms with Crippen LogP contribution in [0.15, 0.2) is 54.6 Å². The quantitative estimate of drug-likeness (QED) is 0.842. The van der Waals surface area contributed by atoms with E-state index in [1.807, 2.05) is 30.3 Å². The summed E-state index contributed by atoms with van der Waals surface area (Å²) in [4.78, 5) is 14.2. The van der Waals surface area contributed by atoms with Crippen molar-refractivity contribution in [2.24, 2.45) is 0 Å². The summed E-state index contributed by atoms with van der Waals surface area (Å²) in [6.45, 7) is 1.48. The summed E-state index contributed by atoms with van der Waals surface area (Å²) >= 11 is 1.43. The fourth-order valence-corrected chi connectivity index (χ4v) is 3.77. The largest absolute Gasteiger partial charge is 0.388 e. The van der Waals surface area contributed by atoms with Gasteiger partial charge in [0.2, 0.25) is 5.91 Å². The molecular weight excluding hydrogens is 353 g/mol. The van der Waals surface area contributed by atoms with Gasteiger partial charge in [0.15, 0.2) is 0 Å². The molecule has 0 aromatic heterocycles. The molecule has 26 heavy (non-hydrogen) atoms. The number of hydrogen-bond donors (Lipinski definition) is 1. The van der Waals surface area contributed by atoms with Gasteiger partial charge in [0.25, 0.3) is 0 Å². The molecule has 3 rings (SSSR count). The summed E-state index contributed by atoms with van der Waals surface area (Å²) in [6, 6.07) is 15.6. The molecule has 1 aliphatic heterocycles. The van der Waals surface area contributed by atoms with E-state index in [4.69, 9.17) is 4.74 Å². The van der Waals surface area contributed by atoms with Crippen molar-refractivity contribution in [2.75, 3.05) is 31.2 Å². The topological polar surface area (TPSA) is 49.8 Å². The Bertz CT molecular complexity index is 711. The van der Waals surface area contributed by atoms with Crippen LogP contribution in [-0.4, -0.2) is 47.1 Å². The zero-order valence-electron chi connectivity index (χ0n) is 14.4. The van der Waals surface area contributed by atoms with Crippen molar-refractivity contribution in [2.45, 2.75) is 12.2 Å². The van der Waals surface area contributed by atoms with E-state index in [0.29, 0.717) is 31.2 Å². The number of halogens is 1. The Hall–Kier alpha value is -1.89. The summed E-state index contributed by atoms with van der Waals surface area (Å²) < 4.78 is 18.8. The number of ether oxygens (including phenoxy) is 1. The van der Waals surface area contributed by atoms with Crippen LogP contribution in [0.5, 0.6) is 0 Å². The Labute approximate surface area is 157 Å². The highest BCUT2D eigenvalue weighted by Gasteiger charge is 2.25. The maximum absolute atomic E-state index is 13.1. The fraction of sp³-hybridized carbons (Fsp3) is 0.350. The first-order chi connectivity index (χ1) is 12.6. The second-order valence-corrected chi connectivity index (χ2v) is 7.22. The van der Waals surface area contributed by atoms with Gasteiger partial charge in [-0.2, -0.15) is 0 Å². The molecule has 2 aromatic rings. The van der Waals surface area contributed by atoms with Crippen LogP contribution in [0.3, 0.4) is 0 Å². The summed E-state index contributed by atoms with van der Waals surface area (Å²) in [5.74, 6) is 0.540. The van der Waals surface area contributed by atoms with E-state index in [-0.39, 0.29) is 17.8 Å². The first kappa shape index (κ1) is 18.9. The van der Waals surface area contributed by atoms with Gasteiger partial charge in [0.05, 0.1) is 25.0 Å². The Kier molecular flexibility index (Phi) is 6.66. The minimum atomic E-state index is -0.578. The highest BCUT2D eigenvalue weighted by atomic mass is 32.2. The maximum Gasteiger partial charge on any atom is 0.232 e. The standard InChI is InChI=1S/C20H22FNO3S/c21-17-8-6-16(7-9-17)19-12-22(10-11-25-19)20(24)14-26-13-18(23)15-4-2-1-3-5-15/h1-9,18-19,23H,10-14H2. The summed E-state index contributed by atoms with van der Waals surface area (Å²) in [6.07, 6.45) is -0.807. The monoisotopic (exact) mass is 375 g/mol. The number of carbonyl (C=O) groups is 1. The number of aliphatic hydroxyl groups is 1. The van der Waals surface area contributed by atoms with Crippen LogP contribution >= 0.6 is 11.8 Å². The lowest BCUT2D eigenvalue weighted by Crippen LogP contribution is -2.43. The van der Waals surface area contributed by atoms with Gasteiger partial charge < -0.3 is 14.7 Å². The van der Waals surface area contributed by atoms with Gasteiger partial charge in [-0.25, -0.2) is 4.39 Å². The van der Waals surface area contributed by atoms with E-state index < -0.39 is 6.10 Å². The minimum absolute atomic E-state index is 0.0330. The average molecular weight is 375 g/mol. The van der Waals surface area contributed by atoms with E-state index in [1.54, 1.807) is 17.0 Å². The van der Waals surface area contributed by atoms with E-state index >= 15 is 0 Å². The highest BCUT2D eigenvalue weighted by molar-refractivity contribution is 7.99. The molecule has 0 aliphatic carbocycles. The molecule has 1 aliphatic rings. The van der Waals surface area contributed by atoms with Crippen molar-refractivity contribution in [3.05, 3.63) is 71.5 Å². The van der Waals surface area contributed by atoms with E-state index in [1.165, 1.54) is 23.9 Å². The third-order valence-corrected chi connectivity index (χ3v) is 5.35. The van der Waals surface area contributed by atoms with Crippen LogP contribution in [0, 0.1) is 5.82 Å². The second-order valence-electron chi connectivity index (χ2n) is 6.19. The molecule has 1 N–H and O–H groups in total. The Morgan fingerprint density at radius 1 is 1.23 bits per heavy atom. The predicted molar refractivity (Wildman–Crippen MR) is 100 cm³/mol. The van der Waals surface area contributed by atoms with Crippen LogP contribution in [0.1, 0.15) is 23.3 Å². The predicted octanol–water partition coefficient (Wildman–Crippen LogP) is 3.19. The van der Waals surface area contributed by atoms with E-state index in [0.717, 1.165) is 11.1 Å². The number of nitrogens with zero attached hydrogens (tertiary/aromatic N) is 1. The van der Waals surface area contributed by atoms with Crippen LogP contribution in [-0.2, 0) is 9.53 Å². The molecule has 2 atom stereocenters. The minimum Gasteiger partial charge on any atom is -0.388 e. The van der Waals surface area contributed by atoms with Crippen LogP contribution in [0.2, 0.25) is 0 Å². The van der Waals surface area contributed by atoms with Gasteiger partial charge in [-0.15, -0.1) is 11.8 Å². The molecule has 2 unspecified atom stereocenters. The lowest BCUT2D eigenvalue weighted by Gasteiger charge is -2.33. The third kappa shape index (κ3) is 5.06. The number of aliphatic hydroxyl groups excluding tert-OH is 1. The molecule has 0 bridgehead atoms. The normalized spacial score (nSPS) is 18.5. The molecule has 1 fully saturated rings. The third-order valence-electron chi connectivity index (χ3n) is 4.35. The molecule has 138 valence electrons. The van der Waals surface area contributed by atoms with Crippen molar-refractivity contribution in [1.82, 2.24) is 4.90 Å². The van der Waals surface area contributed by atoms with Crippen molar-refractivity contribution in [1.29, 1.82) is 0 Å². The van der Waals surface area contributed by atoms with Crippen LogP contribution in [0.25, 0.3) is 0 Å². The number of rotatable bonds is 6. The van der Waals surface area contributed by atoms with E-state index in [2.05, 4.69) is 0 Å². The molecule has 0 saturated carbocycles. The molecule has 6 heteroatoms. The summed E-state index contributed by atoms with van der Waals surface area (Å²) in [5, 5.41) is 10.2. The first-order valence-electron chi connectivity index (χ1n) is 8.59. The Morgan fingerprint density at radius 2 is 1.96 bits per heavy atom. The molecule has 1 amide bonds. The second kappa shape index (κ2) is 9.16. The molecule has 0 radical (unpaired) electrons. The fourth-order valence-electron chi connectivity index (χ4n) is 2.88. The number of thioether (sulfide) groups is 1. The molecule has 0 spiro atoms. The van der Waals surface area contributed by atoms with Crippen molar-refractivity contribution < 1.29 is 19.0 Å². The van der Waals surface area contributed by atoms with Gasteiger partial charge >= 0.3 is 0 Å². The van der Waals surface area contributed by atoms with Crippen LogP contribution in [0.4, 0.5) is 4.39 Å². The SMILES string of the molecule is O=C(CSCC(O)c1ccccc1)N1CCOC(c2ccc(F)cc2)C1. The number of hydrogen-bond acceptors (Lipinski definition) is 4. The smallest absolute Gasteiger partial charge is 0.232 e. The van der Waals surface area contributed by atoms with Crippen molar-refractivity contribution in [3.8, 4) is 0 Å². The number of benzene rings is 2. The summed E-state index contributed by atoms with van der Waals surface area (Å²) in [7, 11) is 0. The molecular formula is C20H22FNO3S. The average Bonchev–Trinajstić information content (AvgIpc) is 2.69. The number of amides is 1. The van der Waals surface area contributed by atoms with Gasteiger partial charge in [-0.1, -0.05) is 42.5 Å². The van der Waals surface area contributed by atoms with Crippen LogP contribution < -0.4 is 0 Å². The zero-order chi connectivity index (χ0) is 18.4. The van der Waals surface area contributed by atoms with Gasteiger partial charge in [0, 0.05) is 12.3 Å². The van der Waals surface area contributed by atoms with Crippen molar-refractivity contribution >= 4 is 17.7 Å². The lowest BCUT2D eigenvalue weighted by atomic mass is 10.1. The number of carbonyl (C=O) groups excluding carboxylic acids is 1. The Balaban J connectivity index is 1.47. The zero-order valence-corrected chi connectivity index (χ0v) is 15.2. The maximum atomic E-state index is 13.1. The molecule has 1 heterocycles. The molecule has 2 aromatic carbocycles. The summed E-state index contributed by atoms with van der Waals surface area (Å²) in [5.41, 5.74) is 1.73. The first-order valence-corrected chi connectivity index (χ1v) is 9.74. The highest BCUT2D eigenvalue weighted by Crippen LogP contribution is 2.24. The van der Waals surface area contributed by atoms with E-state index in [9.17, 15) is 14.3 Å². The lowest BCUT2D eigenvalue weighted by molar-refractivity contribution is -0.136. The Morgan fingerprint density at radius 3 is 2.69 bits per heavy atom. The van der Waals surface area contributed by atoms with Gasteiger partial charge in [-0.05, 0) is 23.3 Å².